The minimum Gasteiger partial charge on any atom is -0.352 e. The highest BCUT2D eigenvalue weighted by molar-refractivity contribution is 7.91. The molecule has 1 N–H and O–H groups in total. The van der Waals surface area contributed by atoms with Crippen molar-refractivity contribution in [2.45, 2.75) is 39.2 Å². The number of rotatable bonds is 4. The Balaban J connectivity index is 1.53. The van der Waals surface area contributed by atoms with Gasteiger partial charge in [0.05, 0.1) is 17.0 Å². The highest BCUT2D eigenvalue weighted by Gasteiger charge is 2.28. The number of nitrogens with one attached hydrogen (secondary N) is 1. The number of carbonyl (C=O) groups is 1. The van der Waals surface area contributed by atoms with Gasteiger partial charge in [0, 0.05) is 29.2 Å². The van der Waals surface area contributed by atoms with E-state index in [0.29, 0.717) is 19.3 Å². The van der Waals surface area contributed by atoms with E-state index in [9.17, 15) is 13.2 Å². The van der Waals surface area contributed by atoms with Gasteiger partial charge in [-0.2, -0.15) is 5.10 Å². The van der Waals surface area contributed by atoms with Gasteiger partial charge >= 0.3 is 0 Å². The average molecular weight is 386 g/mol. The van der Waals surface area contributed by atoms with Gasteiger partial charge in [-0.05, 0) is 44.4 Å². The Bertz CT molecular complexity index is 1150. The zero-order valence-corrected chi connectivity index (χ0v) is 16.2. The summed E-state index contributed by atoms with van der Waals surface area (Å²) in [4.78, 5) is 17.0. The van der Waals surface area contributed by atoms with Crippen LogP contribution in [0.15, 0.2) is 24.3 Å². The second kappa shape index (κ2) is 6.60. The quantitative estimate of drug-likeness (QED) is 0.737. The van der Waals surface area contributed by atoms with Crippen molar-refractivity contribution in [3.05, 3.63) is 41.2 Å². The van der Waals surface area contributed by atoms with Crippen molar-refractivity contribution >= 4 is 32.3 Å². The third-order valence-electron chi connectivity index (χ3n) is 5.22. The first-order chi connectivity index (χ1) is 12.8. The van der Waals surface area contributed by atoms with Gasteiger partial charge < -0.3 is 5.32 Å². The molecule has 8 heteroatoms. The molecule has 0 radical (unpaired) electrons. The lowest BCUT2D eigenvalue weighted by Gasteiger charge is -2.13. The van der Waals surface area contributed by atoms with E-state index in [1.54, 1.807) is 0 Å². The number of amides is 1. The lowest BCUT2D eigenvalue weighted by Crippen LogP contribution is -2.35. The molecule has 1 amide bonds. The van der Waals surface area contributed by atoms with Crippen LogP contribution in [0.5, 0.6) is 0 Å². The Kier molecular flexibility index (Phi) is 4.38. The molecular formula is C19H22N4O3S. The summed E-state index contributed by atoms with van der Waals surface area (Å²) in [6, 6.07) is 7.62. The Morgan fingerprint density at radius 3 is 2.81 bits per heavy atom. The van der Waals surface area contributed by atoms with E-state index < -0.39 is 9.84 Å². The molecule has 2 aromatic heterocycles. The Morgan fingerprint density at radius 1 is 1.30 bits per heavy atom. The van der Waals surface area contributed by atoms with Crippen LogP contribution in [0.2, 0.25) is 0 Å². The Hall–Kier alpha value is -2.48. The molecule has 0 spiro atoms. The first kappa shape index (κ1) is 17.9. The lowest BCUT2D eigenvalue weighted by atomic mass is 10.1. The van der Waals surface area contributed by atoms with Crippen LogP contribution < -0.4 is 5.32 Å². The third-order valence-corrected chi connectivity index (χ3v) is 6.99. The zero-order valence-electron chi connectivity index (χ0n) is 15.4. The number of benzene rings is 1. The fraction of sp³-hybridized carbons (Fsp3) is 0.421. The molecule has 3 heterocycles. The maximum Gasteiger partial charge on any atom is 0.220 e. The highest BCUT2D eigenvalue weighted by Crippen LogP contribution is 2.23. The molecule has 0 unspecified atom stereocenters. The number of aromatic nitrogens is 3. The van der Waals surface area contributed by atoms with Gasteiger partial charge in [0.1, 0.15) is 0 Å². The van der Waals surface area contributed by atoms with Gasteiger partial charge in [-0.25, -0.2) is 17.9 Å². The minimum atomic E-state index is -3.00. The molecule has 1 aliphatic rings. The van der Waals surface area contributed by atoms with Gasteiger partial charge in [-0.1, -0.05) is 12.1 Å². The topological polar surface area (TPSA) is 93.4 Å². The number of aryl methyl sites for hydroxylation is 2. The van der Waals surface area contributed by atoms with Crippen LogP contribution in [0.4, 0.5) is 0 Å². The van der Waals surface area contributed by atoms with Crippen LogP contribution in [-0.4, -0.2) is 46.5 Å². The summed E-state index contributed by atoms with van der Waals surface area (Å²) in [5.74, 6) is 0.0787. The van der Waals surface area contributed by atoms with Crippen LogP contribution in [0.1, 0.15) is 29.8 Å². The fourth-order valence-electron chi connectivity index (χ4n) is 3.79. The number of hydrogen-bond donors (Lipinski definition) is 1. The molecular weight excluding hydrogens is 364 g/mol. The van der Waals surface area contributed by atoms with Crippen molar-refractivity contribution in [2.24, 2.45) is 0 Å². The van der Waals surface area contributed by atoms with Crippen LogP contribution >= 0.6 is 0 Å². The summed E-state index contributed by atoms with van der Waals surface area (Å²) >= 11 is 0. The average Bonchev–Trinajstić information content (AvgIpc) is 3.15. The van der Waals surface area contributed by atoms with Crippen molar-refractivity contribution < 1.29 is 13.2 Å². The second-order valence-electron chi connectivity index (χ2n) is 7.18. The van der Waals surface area contributed by atoms with Crippen LogP contribution in [-0.2, 0) is 21.1 Å². The van der Waals surface area contributed by atoms with E-state index in [2.05, 4.69) is 10.4 Å². The van der Waals surface area contributed by atoms with E-state index in [1.165, 1.54) is 0 Å². The summed E-state index contributed by atoms with van der Waals surface area (Å²) in [6.07, 6.45) is 1.34. The third kappa shape index (κ3) is 3.41. The van der Waals surface area contributed by atoms with E-state index >= 15 is 0 Å². The maximum absolute atomic E-state index is 12.3. The van der Waals surface area contributed by atoms with Crippen molar-refractivity contribution in [1.29, 1.82) is 0 Å². The minimum absolute atomic E-state index is 0.0458. The van der Waals surface area contributed by atoms with E-state index in [1.807, 2.05) is 42.6 Å². The molecule has 0 aliphatic carbocycles. The highest BCUT2D eigenvalue weighted by atomic mass is 32.2. The van der Waals surface area contributed by atoms with Gasteiger partial charge in [-0.3, -0.25) is 4.79 Å². The van der Waals surface area contributed by atoms with Crippen molar-refractivity contribution in [3.8, 4) is 0 Å². The molecule has 0 saturated carbocycles. The molecule has 1 aromatic carbocycles. The van der Waals surface area contributed by atoms with Gasteiger partial charge in [0.2, 0.25) is 5.91 Å². The molecule has 1 atom stereocenters. The molecule has 142 valence electrons. The van der Waals surface area contributed by atoms with Crippen molar-refractivity contribution in [2.75, 3.05) is 11.5 Å². The standard InChI is InChI=1S/C19H22N4O3S/c1-12-15(7-8-18(24)21-14-9-10-27(25,26)11-14)13(2)23-19(20-12)16-5-3-4-6-17(16)22-23/h3-6,14H,7-11H2,1-2H3,(H,21,24)/t14-/m1/s1. The molecule has 27 heavy (non-hydrogen) atoms. The second-order valence-corrected chi connectivity index (χ2v) is 9.41. The largest absolute Gasteiger partial charge is 0.352 e. The smallest absolute Gasteiger partial charge is 0.220 e. The van der Waals surface area contributed by atoms with E-state index in [4.69, 9.17) is 4.98 Å². The van der Waals surface area contributed by atoms with Crippen molar-refractivity contribution in [3.63, 3.8) is 0 Å². The first-order valence-corrected chi connectivity index (χ1v) is 10.9. The summed E-state index contributed by atoms with van der Waals surface area (Å²) in [5.41, 5.74) is 4.59. The number of fused-ring (bicyclic) bond motifs is 3. The first-order valence-electron chi connectivity index (χ1n) is 9.07. The van der Waals surface area contributed by atoms with Gasteiger partial charge in [0.25, 0.3) is 0 Å². The van der Waals surface area contributed by atoms with Gasteiger partial charge in [-0.15, -0.1) is 0 Å². The fourth-order valence-corrected chi connectivity index (χ4v) is 5.46. The summed E-state index contributed by atoms with van der Waals surface area (Å²) in [5, 5.41) is 8.48. The molecule has 3 aromatic rings. The van der Waals surface area contributed by atoms with Gasteiger partial charge in [0.15, 0.2) is 15.5 Å². The summed E-state index contributed by atoms with van der Waals surface area (Å²) in [6.45, 7) is 3.94. The lowest BCUT2D eigenvalue weighted by molar-refractivity contribution is -0.121. The number of nitrogens with zero attached hydrogens (tertiary/aromatic N) is 3. The molecule has 1 fully saturated rings. The Morgan fingerprint density at radius 2 is 2.07 bits per heavy atom. The van der Waals surface area contributed by atoms with Crippen LogP contribution in [0, 0.1) is 13.8 Å². The Labute approximate surface area is 157 Å². The summed E-state index contributed by atoms with van der Waals surface area (Å²) in [7, 11) is -3.00. The number of carbonyl (C=O) groups excluding carboxylic acids is 1. The van der Waals surface area contributed by atoms with E-state index in [0.717, 1.165) is 33.5 Å². The predicted octanol–water partition coefficient (Wildman–Crippen LogP) is 1.74. The number of hydrogen-bond acceptors (Lipinski definition) is 5. The SMILES string of the molecule is Cc1nc2c3ccccc3nn2c(C)c1CCC(=O)N[C@@H]1CCS(=O)(=O)C1. The zero-order chi connectivity index (χ0) is 19.2. The molecule has 7 nitrogen and oxygen atoms in total. The number of sulfone groups is 1. The monoisotopic (exact) mass is 386 g/mol. The van der Waals surface area contributed by atoms with Crippen LogP contribution in [0.3, 0.4) is 0 Å². The normalized spacial score (nSPS) is 19.0. The molecule has 1 aliphatic heterocycles. The molecule has 0 bridgehead atoms. The maximum atomic E-state index is 12.3. The predicted molar refractivity (Wildman–Crippen MR) is 103 cm³/mol. The summed E-state index contributed by atoms with van der Waals surface area (Å²) < 4.78 is 24.9. The molecule has 4 rings (SSSR count). The van der Waals surface area contributed by atoms with Crippen molar-refractivity contribution in [1.82, 2.24) is 19.9 Å². The van der Waals surface area contributed by atoms with E-state index in [-0.39, 0.29) is 23.5 Å². The molecule has 1 saturated heterocycles. The van der Waals surface area contributed by atoms with Crippen LogP contribution in [0.25, 0.3) is 16.6 Å².